The number of hydrogen-bond acceptors (Lipinski definition) is 7. The van der Waals surface area contributed by atoms with Crippen LogP contribution in [0.2, 0.25) is 10.0 Å². The lowest BCUT2D eigenvalue weighted by atomic mass is 10.1. The molecule has 34 heavy (non-hydrogen) atoms. The average molecular weight is 515 g/mol. The highest BCUT2D eigenvalue weighted by molar-refractivity contribution is 7.17. The first-order valence-electron chi connectivity index (χ1n) is 11.1. The van der Waals surface area contributed by atoms with Crippen LogP contribution in [0.1, 0.15) is 0 Å². The number of β-amino-alcohol motifs (C(OH)–C–C–N with tert-alkyl or cyclic N) is 1. The number of piperazine rings is 1. The molecule has 1 N–H and O–H groups in total. The van der Waals surface area contributed by atoms with Crippen molar-refractivity contribution < 1.29 is 9.84 Å². The number of hydrogen-bond donors (Lipinski definition) is 1. The molecule has 0 bridgehead atoms. The molecule has 3 heterocycles. The van der Waals surface area contributed by atoms with Gasteiger partial charge in [0.15, 0.2) is 0 Å². The Bertz CT molecular complexity index is 1260. The standard InChI is InChI=1S/C25H24Cl2N4O2S/c26-21-7-6-19(12-22(21)27)33-14-18(32)13-30-8-10-31(11-9-30)24-23-20(17-4-2-1-3-5-17)15-34-25(23)29-16-28-24/h1-7,12,15-16,18,32H,8-11,13-14H2/t18-/m0/s1. The van der Waals surface area contributed by atoms with E-state index in [1.165, 1.54) is 11.1 Å². The van der Waals surface area contributed by atoms with Crippen LogP contribution in [0.25, 0.3) is 21.3 Å². The van der Waals surface area contributed by atoms with Crippen LogP contribution in [0.15, 0.2) is 60.2 Å². The third-order valence-corrected chi connectivity index (χ3v) is 7.53. The monoisotopic (exact) mass is 514 g/mol. The van der Waals surface area contributed by atoms with E-state index in [9.17, 15) is 5.11 Å². The maximum atomic E-state index is 10.5. The Morgan fingerprint density at radius 2 is 1.79 bits per heavy atom. The van der Waals surface area contributed by atoms with E-state index in [4.69, 9.17) is 27.9 Å². The van der Waals surface area contributed by atoms with Crippen LogP contribution in [0.4, 0.5) is 5.82 Å². The fourth-order valence-electron chi connectivity index (χ4n) is 4.18. The molecular weight excluding hydrogens is 491 g/mol. The number of thiophene rings is 1. The summed E-state index contributed by atoms with van der Waals surface area (Å²) in [6, 6.07) is 15.5. The molecule has 0 radical (unpaired) electrons. The summed E-state index contributed by atoms with van der Waals surface area (Å²) >= 11 is 13.6. The highest BCUT2D eigenvalue weighted by atomic mass is 35.5. The van der Waals surface area contributed by atoms with Crippen LogP contribution < -0.4 is 9.64 Å². The first-order valence-corrected chi connectivity index (χ1v) is 12.7. The average Bonchev–Trinajstić information content (AvgIpc) is 3.30. The van der Waals surface area contributed by atoms with Crippen molar-refractivity contribution >= 4 is 50.6 Å². The summed E-state index contributed by atoms with van der Waals surface area (Å²) in [5.74, 6) is 1.57. The summed E-state index contributed by atoms with van der Waals surface area (Å²) in [5, 5.41) is 14.7. The Hall–Kier alpha value is -2.42. The van der Waals surface area contributed by atoms with Crippen LogP contribution in [0.5, 0.6) is 5.75 Å². The quantitative estimate of drug-likeness (QED) is 0.364. The minimum atomic E-state index is -0.603. The van der Waals surface area contributed by atoms with E-state index >= 15 is 0 Å². The summed E-state index contributed by atoms with van der Waals surface area (Å²) in [7, 11) is 0. The molecule has 0 unspecified atom stereocenters. The lowest BCUT2D eigenvalue weighted by Crippen LogP contribution is -2.49. The number of anilines is 1. The topological polar surface area (TPSA) is 61.7 Å². The van der Waals surface area contributed by atoms with Crippen LogP contribution in [-0.4, -0.2) is 65.4 Å². The van der Waals surface area contributed by atoms with Crippen molar-refractivity contribution in [3.05, 3.63) is 70.3 Å². The molecule has 1 aliphatic heterocycles. The number of fused-ring (bicyclic) bond motifs is 1. The van der Waals surface area contributed by atoms with Crippen LogP contribution in [0.3, 0.4) is 0 Å². The zero-order valence-electron chi connectivity index (χ0n) is 18.4. The largest absolute Gasteiger partial charge is 0.491 e. The second-order valence-electron chi connectivity index (χ2n) is 8.22. The van der Waals surface area contributed by atoms with Gasteiger partial charge < -0.3 is 14.7 Å². The molecule has 5 rings (SSSR count). The van der Waals surface area contributed by atoms with Crippen LogP contribution in [0, 0.1) is 0 Å². The number of rotatable bonds is 7. The van der Waals surface area contributed by atoms with Crippen molar-refractivity contribution in [2.24, 2.45) is 0 Å². The second kappa shape index (κ2) is 10.5. The minimum Gasteiger partial charge on any atom is -0.491 e. The van der Waals surface area contributed by atoms with Crippen molar-refractivity contribution in [1.82, 2.24) is 14.9 Å². The molecule has 1 aliphatic rings. The normalized spacial score (nSPS) is 15.6. The molecule has 0 aliphatic carbocycles. The number of aliphatic hydroxyl groups excluding tert-OH is 1. The van der Waals surface area contributed by atoms with Gasteiger partial charge in [0.05, 0.1) is 15.4 Å². The van der Waals surface area contributed by atoms with E-state index < -0.39 is 6.10 Å². The molecule has 6 nitrogen and oxygen atoms in total. The van der Waals surface area contributed by atoms with Crippen molar-refractivity contribution in [3.8, 4) is 16.9 Å². The number of benzene rings is 2. The van der Waals surface area contributed by atoms with Gasteiger partial charge in [-0.15, -0.1) is 11.3 Å². The van der Waals surface area contributed by atoms with Gasteiger partial charge in [0.25, 0.3) is 0 Å². The minimum absolute atomic E-state index is 0.194. The molecule has 9 heteroatoms. The molecule has 0 spiro atoms. The molecule has 176 valence electrons. The smallest absolute Gasteiger partial charge is 0.141 e. The Balaban J connectivity index is 1.21. The summed E-state index contributed by atoms with van der Waals surface area (Å²) in [6.07, 6.45) is 1.05. The number of aromatic nitrogens is 2. The molecule has 2 aromatic carbocycles. The second-order valence-corrected chi connectivity index (χ2v) is 9.89. The molecule has 0 saturated carbocycles. The van der Waals surface area contributed by atoms with Gasteiger partial charge in [0, 0.05) is 49.7 Å². The Labute approximate surface area is 212 Å². The van der Waals surface area contributed by atoms with Gasteiger partial charge >= 0.3 is 0 Å². The molecule has 2 aromatic heterocycles. The maximum Gasteiger partial charge on any atom is 0.141 e. The number of nitrogens with zero attached hydrogens (tertiary/aromatic N) is 4. The highest BCUT2D eigenvalue weighted by Gasteiger charge is 2.23. The Morgan fingerprint density at radius 1 is 1.00 bits per heavy atom. The third kappa shape index (κ3) is 5.14. The van der Waals surface area contributed by atoms with Crippen LogP contribution >= 0.6 is 34.5 Å². The van der Waals surface area contributed by atoms with E-state index in [2.05, 4.69) is 49.4 Å². The van der Waals surface area contributed by atoms with Gasteiger partial charge in [-0.3, -0.25) is 4.90 Å². The molecule has 0 amide bonds. The first-order chi connectivity index (χ1) is 16.6. The predicted octanol–water partition coefficient (Wildman–Crippen LogP) is 5.23. The highest BCUT2D eigenvalue weighted by Crippen LogP contribution is 2.38. The molecule has 4 aromatic rings. The number of halogens is 2. The molecule has 1 saturated heterocycles. The number of aliphatic hydroxyl groups is 1. The van der Waals surface area contributed by atoms with E-state index in [-0.39, 0.29) is 6.61 Å². The zero-order chi connectivity index (χ0) is 23.5. The lowest BCUT2D eigenvalue weighted by Gasteiger charge is -2.36. The van der Waals surface area contributed by atoms with Crippen molar-refractivity contribution in [1.29, 1.82) is 0 Å². The zero-order valence-corrected chi connectivity index (χ0v) is 20.7. The number of ether oxygens (including phenoxy) is 1. The Kier molecular flexibility index (Phi) is 7.18. The van der Waals surface area contributed by atoms with Gasteiger partial charge in [-0.05, 0) is 17.7 Å². The Morgan fingerprint density at radius 3 is 2.56 bits per heavy atom. The van der Waals surface area contributed by atoms with E-state index in [1.807, 2.05) is 6.07 Å². The fraction of sp³-hybridized carbons (Fsp3) is 0.280. The van der Waals surface area contributed by atoms with Crippen molar-refractivity contribution in [3.63, 3.8) is 0 Å². The maximum absolute atomic E-state index is 10.5. The summed E-state index contributed by atoms with van der Waals surface area (Å²) in [5.41, 5.74) is 2.35. The van der Waals surface area contributed by atoms with Gasteiger partial charge in [0.1, 0.15) is 35.4 Å². The van der Waals surface area contributed by atoms with Gasteiger partial charge in [-0.25, -0.2) is 9.97 Å². The van der Waals surface area contributed by atoms with Crippen LogP contribution in [-0.2, 0) is 0 Å². The SMILES string of the molecule is O[C@H](COc1ccc(Cl)c(Cl)c1)CN1CCN(c2ncnc3scc(-c4ccccc4)c23)CC1. The summed E-state index contributed by atoms with van der Waals surface area (Å²) in [4.78, 5) is 14.7. The fourth-order valence-corrected chi connectivity index (χ4v) is 5.38. The molecule has 1 fully saturated rings. The van der Waals surface area contributed by atoms with E-state index in [1.54, 1.807) is 35.9 Å². The summed E-state index contributed by atoms with van der Waals surface area (Å²) in [6.45, 7) is 4.06. The van der Waals surface area contributed by atoms with E-state index in [0.717, 1.165) is 42.2 Å². The van der Waals surface area contributed by atoms with Crippen molar-refractivity contribution in [2.45, 2.75) is 6.10 Å². The van der Waals surface area contributed by atoms with E-state index in [0.29, 0.717) is 22.3 Å². The lowest BCUT2D eigenvalue weighted by molar-refractivity contribution is 0.0663. The first kappa shape index (κ1) is 23.3. The third-order valence-electron chi connectivity index (χ3n) is 5.91. The predicted molar refractivity (Wildman–Crippen MR) is 139 cm³/mol. The summed E-state index contributed by atoms with van der Waals surface area (Å²) < 4.78 is 5.68. The van der Waals surface area contributed by atoms with Gasteiger partial charge in [-0.1, -0.05) is 53.5 Å². The molecule has 1 atom stereocenters. The molecular formula is C25H24Cl2N4O2S. The van der Waals surface area contributed by atoms with Gasteiger partial charge in [0.2, 0.25) is 0 Å². The van der Waals surface area contributed by atoms with Gasteiger partial charge in [-0.2, -0.15) is 0 Å². The van der Waals surface area contributed by atoms with Crippen molar-refractivity contribution in [2.75, 3.05) is 44.2 Å².